The standard InChI is InChI=1S/C19H29ClN4O/c1-2-23-9-6-17(7-10-23)22-19(25)14-24-11-8-21-13-18(24)15-4-3-5-16(20)12-15/h3-5,12,17-18,21H,2,6-11,13-14H2,1H3,(H,22,25). The minimum absolute atomic E-state index is 0.142. The Bertz CT molecular complexity index is 574. The SMILES string of the molecule is CCN1CCC(NC(=O)CN2CCNCC2c2cccc(Cl)c2)CC1. The summed E-state index contributed by atoms with van der Waals surface area (Å²) in [7, 11) is 0. The van der Waals surface area contributed by atoms with Crippen LogP contribution in [0.4, 0.5) is 0 Å². The predicted molar refractivity (Wildman–Crippen MR) is 102 cm³/mol. The number of carbonyl (C=O) groups is 1. The zero-order chi connectivity index (χ0) is 17.6. The fraction of sp³-hybridized carbons (Fsp3) is 0.632. The monoisotopic (exact) mass is 364 g/mol. The van der Waals surface area contributed by atoms with Crippen LogP contribution in [0.25, 0.3) is 0 Å². The van der Waals surface area contributed by atoms with Crippen LogP contribution >= 0.6 is 11.6 Å². The number of hydrogen-bond acceptors (Lipinski definition) is 4. The molecule has 0 radical (unpaired) electrons. The van der Waals surface area contributed by atoms with Crippen molar-refractivity contribution in [2.75, 3.05) is 45.8 Å². The molecule has 25 heavy (non-hydrogen) atoms. The summed E-state index contributed by atoms with van der Waals surface area (Å²) in [5.41, 5.74) is 1.17. The van der Waals surface area contributed by atoms with E-state index in [0.717, 1.165) is 57.1 Å². The first-order valence-electron chi connectivity index (χ1n) is 9.37. The van der Waals surface area contributed by atoms with Crippen molar-refractivity contribution in [1.29, 1.82) is 0 Å². The Morgan fingerprint density at radius 2 is 2.12 bits per heavy atom. The molecule has 2 fully saturated rings. The molecular formula is C19H29ClN4O. The van der Waals surface area contributed by atoms with Gasteiger partial charge >= 0.3 is 0 Å². The maximum absolute atomic E-state index is 12.6. The third kappa shape index (κ3) is 5.17. The lowest BCUT2D eigenvalue weighted by atomic mass is 10.0. The number of carbonyl (C=O) groups excluding carboxylic acids is 1. The van der Waals surface area contributed by atoms with E-state index >= 15 is 0 Å². The normalized spacial score (nSPS) is 23.5. The fourth-order valence-electron chi connectivity index (χ4n) is 3.83. The Kier molecular flexibility index (Phi) is 6.70. The summed E-state index contributed by atoms with van der Waals surface area (Å²) in [5, 5.41) is 7.41. The summed E-state index contributed by atoms with van der Waals surface area (Å²) in [4.78, 5) is 17.3. The zero-order valence-corrected chi connectivity index (χ0v) is 15.8. The smallest absolute Gasteiger partial charge is 0.234 e. The number of nitrogens with zero attached hydrogens (tertiary/aromatic N) is 2. The van der Waals surface area contributed by atoms with Gasteiger partial charge in [-0.15, -0.1) is 0 Å². The number of amides is 1. The molecule has 0 aromatic heterocycles. The maximum Gasteiger partial charge on any atom is 0.234 e. The van der Waals surface area contributed by atoms with Crippen molar-refractivity contribution in [3.05, 3.63) is 34.9 Å². The summed E-state index contributed by atoms with van der Waals surface area (Å²) >= 11 is 6.15. The molecule has 138 valence electrons. The number of benzene rings is 1. The van der Waals surface area contributed by atoms with Crippen molar-refractivity contribution < 1.29 is 4.79 Å². The largest absolute Gasteiger partial charge is 0.352 e. The maximum atomic E-state index is 12.6. The highest BCUT2D eigenvalue weighted by atomic mass is 35.5. The van der Waals surface area contributed by atoms with Gasteiger partial charge in [-0.05, 0) is 37.1 Å². The Balaban J connectivity index is 1.55. The van der Waals surface area contributed by atoms with Crippen molar-refractivity contribution in [3.63, 3.8) is 0 Å². The first kappa shape index (κ1) is 18.6. The molecule has 2 aliphatic rings. The quantitative estimate of drug-likeness (QED) is 0.837. The topological polar surface area (TPSA) is 47.6 Å². The van der Waals surface area contributed by atoms with Crippen molar-refractivity contribution in [2.45, 2.75) is 31.8 Å². The molecule has 5 nitrogen and oxygen atoms in total. The number of halogens is 1. The van der Waals surface area contributed by atoms with Crippen LogP contribution < -0.4 is 10.6 Å². The van der Waals surface area contributed by atoms with Crippen LogP contribution in [0.5, 0.6) is 0 Å². The molecule has 1 amide bonds. The number of likely N-dealkylation sites (tertiary alicyclic amines) is 1. The summed E-state index contributed by atoms with van der Waals surface area (Å²) in [6.45, 7) is 8.55. The van der Waals surface area contributed by atoms with Gasteiger partial charge in [0, 0.05) is 49.8 Å². The first-order chi connectivity index (χ1) is 12.2. The molecule has 6 heteroatoms. The molecule has 1 aromatic carbocycles. The molecular weight excluding hydrogens is 336 g/mol. The molecule has 0 spiro atoms. The minimum Gasteiger partial charge on any atom is -0.352 e. The lowest BCUT2D eigenvalue weighted by molar-refractivity contribution is -0.124. The Hall–Kier alpha value is -1.14. The van der Waals surface area contributed by atoms with Crippen LogP contribution in [0.1, 0.15) is 31.4 Å². The van der Waals surface area contributed by atoms with E-state index in [1.807, 2.05) is 18.2 Å². The van der Waals surface area contributed by atoms with Crippen LogP contribution in [0.15, 0.2) is 24.3 Å². The minimum atomic E-state index is 0.142. The average Bonchev–Trinajstić information content (AvgIpc) is 2.63. The Labute approximate surface area is 155 Å². The van der Waals surface area contributed by atoms with Crippen LogP contribution in [0.2, 0.25) is 5.02 Å². The van der Waals surface area contributed by atoms with Gasteiger partial charge in [-0.25, -0.2) is 0 Å². The van der Waals surface area contributed by atoms with Gasteiger partial charge in [-0.1, -0.05) is 30.7 Å². The lowest BCUT2D eigenvalue weighted by Gasteiger charge is -2.37. The predicted octanol–water partition coefficient (Wildman–Crippen LogP) is 1.89. The first-order valence-corrected chi connectivity index (χ1v) is 9.75. The van der Waals surface area contributed by atoms with E-state index in [0.29, 0.717) is 12.6 Å². The van der Waals surface area contributed by atoms with Crippen molar-refractivity contribution in [2.24, 2.45) is 0 Å². The van der Waals surface area contributed by atoms with Crippen molar-refractivity contribution in [1.82, 2.24) is 20.4 Å². The third-order valence-electron chi connectivity index (χ3n) is 5.33. The number of hydrogen-bond donors (Lipinski definition) is 2. The van der Waals surface area contributed by atoms with Crippen molar-refractivity contribution >= 4 is 17.5 Å². The molecule has 1 unspecified atom stereocenters. The molecule has 1 atom stereocenters. The average molecular weight is 365 g/mol. The van der Waals surface area contributed by atoms with E-state index in [1.54, 1.807) is 0 Å². The molecule has 0 saturated carbocycles. The van der Waals surface area contributed by atoms with E-state index in [1.165, 1.54) is 5.56 Å². The Morgan fingerprint density at radius 3 is 2.84 bits per heavy atom. The van der Waals surface area contributed by atoms with Gasteiger partial charge in [0.25, 0.3) is 0 Å². The summed E-state index contributed by atoms with van der Waals surface area (Å²) in [6.07, 6.45) is 2.11. The van der Waals surface area contributed by atoms with E-state index < -0.39 is 0 Å². The zero-order valence-electron chi connectivity index (χ0n) is 15.0. The van der Waals surface area contributed by atoms with Gasteiger partial charge in [-0.2, -0.15) is 0 Å². The third-order valence-corrected chi connectivity index (χ3v) is 5.57. The van der Waals surface area contributed by atoms with Crippen LogP contribution in [-0.2, 0) is 4.79 Å². The van der Waals surface area contributed by atoms with Crippen molar-refractivity contribution in [3.8, 4) is 0 Å². The van der Waals surface area contributed by atoms with E-state index in [4.69, 9.17) is 11.6 Å². The van der Waals surface area contributed by atoms with Crippen LogP contribution in [-0.4, -0.2) is 67.6 Å². The lowest BCUT2D eigenvalue weighted by Crippen LogP contribution is -2.51. The number of piperazine rings is 1. The number of piperidine rings is 1. The van der Waals surface area contributed by atoms with Gasteiger partial charge in [0.05, 0.1) is 6.54 Å². The van der Waals surface area contributed by atoms with Gasteiger partial charge in [0.1, 0.15) is 0 Å². The second kappa shape index (κ2) is 8.99. The molecule has 2 aliphatic heterocycles. The summed E-state index contributed by atoms with van der Waals surface area (Å²) in [5.74, 6) is 0.142. The fourth-order valence-corrected chi connectivity index (χ4v) is 4.03. The molecule has 1 aromatic rings. The highest BCUT2D eigenvalue weighted by molar-refractivity contribution is 6.30. The molecule has 2 saturated heterocycles. The van der Waals surface area contributed by atoms with E-state index in [9.17, 15) is 4.79 Å². The summed E-state index contributed by atoms with van der Waals surface area (Å²) in [6, 6.07) is 8.48. The van der Waals surface area contributed by atoms with Gasteiger partial charge in [0.2, 0.25) is 5.91 Å². The molecule has 2 heterocycles. The number of nitrogens with one attached hydrogen (secondary N) is 2. The molecule has 3 rings (SSSR count). The van der Waals surface area contributed by atoms with Crippen LogP contribution in [0, 0.1) is 0 Å². The highest BCUT2D eigenvalue weighted by Crippen LogP contribution is 2.24. The van der Waals surface area contributed by atoms with Gasteiger partial charge in [0.15, 0.2) is 0 Å². The second-order valence-electron chi connectivity index (χ2n) is 7.02. The van der Waals surface area contributed by atoms with E-state index in [2.05, 4.69) is 33.4 Å². The van der Waals surface area contributed by atoms with E-state index in [-0.39, 0.29) is 11.9 Å². The molecule has 0 bridgehead atoms. The van der Waals surface area contributed by atoms with Gasteiger partial charge < -0.3 is 15.5 Å². The molecule has 2 N–H and O–H groups in total. The van der Waals surface area contributed by atoms with Gasteiger partial charge in [-0.3, -0.25) is 9.69 Å². The van der Waals surface area contributed by atoms with Crippen LogP contribution in [0.3, 0.4) is 0 Å². The highest BCUT2D eigenvalue weighted by Gasteiger charge is 2.27. The summed E-state index contributed by atoms with van der Waals surface area (Å²) < 4.78 is 0. The Morgan fingerprint density at radius 1 is 1.32 bits per heavy atom. The molecule has 0 aliphatic carbocycles. The number of rotatable bonds is 5. The second-order valence-corrected chi connectivity index (χ2v) is 7.46.